The third-order valence-electron chi connectivity index (χ3n) is 2.85. The van der Waals surface area contributed by atoms with Crippen molar-refractivity contribution in [1.29, 1.82) is 0 Å². The number of hydrogen-bond donors (Lipinski definition) is 1. The second-order valence-electron chi connectivity index (χ2n) is 4.16. The molecule has 1 aromatic heterocycles. The van der Waals surface area contributed by atoms with Crippen molar-refractivity contribution in [2.24, 2.45) is 0 Å². The molecule has 1 unspecified atom stereocenters. The number of nitrogens with one attached hydrogen (secondary N) is 1. The Kier molecular flexibility index (Phi) is 4.98. The zero-order valence-electron chi connectivity index (χ0n) is 11.7. The summed E-state index contributed by atoms with van der Waals surface area (Å²) in [5.41, 5.74) is 0.835. The van der Waals surface area contributed by atoms with Gasteiger partial charge in [0.1, 0.15) is 11.5 Å². The van der Waals surface area contributed by atoms with E-state index in [0.717, 1.165) is 16.9 Å². The molecule has 6 nitrogen and oxygen atoms in total. The van der Waals surface area contributed by atoms with E-state index in [-0.39, 0.29) is 21.4 Å². The van der Waals surface area contributed by atoms with Crippen LogP contribution in [-0.4, -0.2) is 30.3 Å². The fourth-order valence-corrected chi connectivity index (χ4v) is 2.54. The molecule has 0 aliphatic heterocycles. The number of nitrogens with zero attached hydrogens (tertiary/aromatic N) is 2. The van der Waals surface area contributed by atoms with E-state index < -0.39 is 0 Å². The summed E-state index contributed by atoms with van der Waals surface area (Å²) in [4.78, 5) is 12.0. The quantitative estimate of drug-likeness (QED) is 0.914. The summed E-state index contributed by atoms with van der Waals surface area (Å²) in [6.07, 6.45) is 0. The van der Waals surface area contributed by atoms with Gasteiger partial charge in [-0.05, 0) is 30.7 Å². The van der Waals surface area contributed by atoms with Crippen LogP contribution in [0.4, 0.5) is 0 Å². The molecule has 0 radical (unpaired) electrons. The van der Waals surface area contributed by atoms with Crippen molar-refractivity contribution >= 4 is 28.8 Å². The molecule has 2 aromatic rings. The molecule has 0 aliphatic rings. The molecule has 0 fully saturated rings. The van der Waals surface area contributed by atoms with Crippen LogP contribution in [0, 0.1) is 0 Å². The van der Waals surface area contributed by atoms with Gasteiger partial charge in [-0.1, -0.05) is 11.3 Å². The Bertz CT molecular complexity index is 647. The average Bonchev–Trinajstić information content (AvgIpc) is 2.93. The number of carbonyl (C=O) groups is 1. The fraction of sp³-hybridized carbons (Fsp3) is 0.308. The van der Waals surface area contributed by atoms with E-state index >= 15 is 0 Å². The number of methoxy groups -OCH3 is 2. The molecule has 1 N–H and O–H groups in total. The third kappa shape index (κ3) is 3.62. The maximum atomic E-state index is 12.0. The monoisotopic (exact) mass is 327 g/mol. The molecule has 1 heterocycles. The van der Waals surface area contributed by atoms with Gasteiger partial charge in [0.15, 0.2) is 0 Å². The first-order chi connectivity index (χ1) is 10.0. The van der Waals surface area contributed by atoms with Gasteiger partial charge < -0.3 is 14.8 Å². The van der Waals surface area contributed by atoms with Crippen LogP contribution in [0.5, 0.6) is 11.5 Å². The summed E-state index contributed by atoms with van der Waals surface area (Å²) in [6, 6.07) is 5.15. The first kappa shape index (κ1) is 15.5. The van der Waals surface area contributed by atoms with E-state index in [4.69, 9.17) is 21.1 Å². The lowest BCUT2D eigenvalue weighted by molar-refractivity contribution is 0.0938. The van der Waals surface area contributed by atoms with Crippen molar-refractivity contribution in [3.05, 3.63) is 33.2 Å². The van der Waals surface area contributed by atoms with Crippen LogP contribution < -0.4 is 14.8 Å². The molecule has 0 saturated heterocycles. The minimum Gasteiger partial charge on any atom is -0.497 e. The lowest BCUT2D eigenvalue weighted by Crippen LogP contribution is -2.26. The molecule has 0 saturated carbocycles. The molecule has 0 spiro atoms. The molecule has 0 bridgehead atoms. The number of benzene rings is 1. The van der Waals surface area contributed by atoms with Crippen LogP contribution in [0.3, 0.4) is 0 Å². The van der Waals surface area contributed by atoms with Crippen molar-refractivity contribution in [3.63, 3.8) is 0 Å². The molecular formula is C13H14ClN3O3S. The molecular weight excluding hydrogens is 314 g/mol. The predicted octanol–water partition coefficient (Wildman–Crippen LogP) is 2.70. The number of ether oxygens (including phenoxy) is 2. The van der Waals surface area contributed by atoms with Crippen molar-refractivity contribution in [1.82, 2.24) is 15.5 Å². The molecule has 2 rings (SSSR count). The summed E-state index contributed by atoms with van der Waals surface area (Å²) < 4.78 is 10.7. The number of hydrogen-bond acceptors (Lipinski definition) is 6. The normalized spacial score (nSPS) is 11.8. The molecule has 1 amide bonds. The molecule has 1 aromatic carbocycles. The smallest absolute Gasteiger partial charge is 0.282 e. The third-order valence-corrected chi connectivity index (χ3v) is 3.87. The summed E-state index contributed by atoms with van der Waals surface area (Å²) in [5, 5.41) is 10.4. The van der Waals surface area contributed by atoms with Crippen LogP contribution >= 0.6 is 22.9 Å². The lowest BCUT2D eigenvalue weighted by Gasteiger charge is -2.17. The van der Waals surface area contributed by atoms with Gasteiger partial charge in [-0.3, -0.25) is 4.79 Å². The molecule has 1 atom stereocenters. The SMILES string of the molecule is COc1ccc(C(C)NC(=O)c2nnc(Cl)s2)c(OC)c1. The van der Waals surface area contributed by atoms with Gasteiger partial charge >= 0.3 is 0 Å². The minimum absolute atomic E-state index is 0.222. The van der Waals surface area contributed by atoms with Gasteiger partial charge in [0, 0.05) is 11.6 Å². The number of rotatable bonds is 5. The first-order valence-electron chi connectivity index (χ1n) is 6.07. The predicted molar refractivity (Wildman–Crippen MR) is 80.3 cm³/mol. The maximum Gasteiger partial charge on any atom is 0.282 e. The summed E-state index contributed by atoms with van der Waals surface area (Å²) in [6.45, 7) is 1.85. The lowest BCUT2D eigenvalue weighted by atomic mass is 10.1. The van der Waals surface area contributed by atoms with Gasteiger partial charge in [-0.25, -0.2) is 0 Å². The van der Waals surface area contributed by atoms with E-state index in [1.165, 1.54) is 0 Å². The standard InChI is InChI=1S/C13H14ClN3O3S/c1-7(15-11(18)12-16-17-13(14)21-12)9-5-4-8(19-2)6-10(9)20-3/h4-7H,1-3H3,(H,15,18). The van der Waals surface area contributed by atoms with Crippen molar-refractivity contribution in [2.75, 3.05) is 14.2 Å². The average molecular weight is 328 g/mol. The van der Waals surface area contributed by atoms with Crippen LogP contribution in [0.1, 0.15) is 28.3 Å². The van der Waals surface area contributed by atoms with E-state index in [1.54, 1.807) is 20.3 Å². The molecule has 0 aliphatic carbocycles. The Balaban J connectivity index is 2.16. The topological polar surface area (TPSA) is 73.3 Å². The molecule has 8 heteroatoms. The zero-order chi connectivity index (χ0) is 15.4. The summed E-state index contributed by atoms with van der Waals surface area (Å²) >= 11 is 6.70. The Labute approximate surface area is 131 Å². The van der Waals surface area contributed by atoms with Gasteiger partial charge in [0.2, 0.25) is 9.47 Å². The van der Waals surface area contributed by atoms with Crippen molar-refractivity contribution < 1.29 is 14.3 Å². The second kappa shape index (κ2) is 6.73. The first-order valence-corrected chi connectivity index (χ1v) is 7.26. The molecule has 112 valence electrons. The fourth-order valence-electron chi connectivity index (χ4n) is 1.81. The highest BCUT2D eigenvalue weighted by Crippen LogP contribution is 2.29. The Morgan fingerprint density at radius 2 is 2.10 bits per heavy atom. The Morgan fingerprint density at radius 1 is 1.33 bits per heavy atom. The van der Waals surface area contributed by atoms with Gasteiger partial charge in [0.25, 0.3) is 5.91 Å². The van der Waals surface area contributed by atoms with Crippen LogP contribution in [-0.2, 0) is 0 Å². The van der Waals surface area contributed by atoms with Gasteiger partial charge in [0.05, 0.1) is 20.3 Å². The van der Waals surface area contributed by atoms with Gasteiger partial charge in [-0.15, -0.1) is 10.2 Å². The maximum absolute atomic E-state index is 12.0. The highest BCUT2D eigenvalue weighted by Gasteiger charge is 2.18. The van der Waals surface area contributed by atoms with E-state index in [2.05, 4.69) is 15.5 Å². The van der Waals surface area contributed by atoms with Crippen LogP contribution in [0.2, 0.25) is 4.47 Å². The highest BCUT2D eigenvalue weighted by atomic mass is 35.5. The number of amides is 1. The van der Waals surface area contributed by atoms with Crippen molar-refractivity contribution in [2.45, 2.75) is 13.0 Å². The van der Waals surface area contributed by atoms with Gasteiger partial charge in [-0.2, -0.15) is 0 Å². The Morgan fingerprint density at radius 3 is 2.67 bits per heavy atom. The van der Waals surface area contributed by atoms with Crippen LogP contribution in [0.15, 0.2) is 18.2 Å². The zero-order valence-corrected chi connectivity index (χ0v) is 13.3. The summed E-state index contributed by atoms with van der Waals surface area (Å²) in [7, 11) is 3.15. The molecule has 21 heavy (non-hydrogen) atoms. The van der Waals surface area contributed by atoms with Crippen LogP contribution in [0.25, 0.3) is 0 Å². The largest absolute Gasteiger partial charge is 0.497 e. The second-order valence-corrected chi connectivity index (χ2v) is 5.72. The van der Waals surface area contributed by atoms with E-state index in [0.29, 0.717) is 11.5 Å². The Hall–Kier alpha value is -1.86. The van der Waals surface area contributed by atoms with E-state index in [1.807, 2.05) is 19.1 Å². The number of aromatic nitrogens is 2. The van der Waals surface area contributed by atoms with Crippen molar-refractivity contribution in [3.8, 4) is 11.5 Å². The summed E-state index contributed by atoms with van der Waals surface area (Å²) in [5.74, 6) is 0.993. The number of carbonyl (C=O) groups excluding carboxylic acids is 1. The highest BCUT2D eigenvalue weighted by molar-refractivity contribution is 7.17. The minimum atomic E-state index is -0.329. The number of halogens is 1. The van der Waals surface area contributed by atoms with E-state index in [9.17, 15) is 4.79 Å².